The highest BCUT2D eigenvalue weighted by atomic mass is 35.5. The Kier molecular flexibility index (Phi) is 4.87. The van der Waals surface area contributed by atoms with Crippen molar-refractivity contribution in [3.8, 4) is 0 Å². The minimum absolute atomic E-state index is 0.0960. The van der Waals surface area contributed by atoms with Crippen LogP contribution in [0.25, 0.3) is 0 Å². The number of nitrogens with two attached hydrogens (primary N) is 1. The molecule has 1 rings (SSSR count). The number of rotatable bonds is 4. The van der Waals surface area contributed by atoms with Gasteiger partial charge >= 0.3 is 0 Å². The molecule has 4 heteroatoms. The summed E-state index contributed by atoms with van der Waals surface area (Å²) in [4.78, 5) is 2.06. The smallest absolute Gasteiger partial charge is 0.0453 e. The molecular weight excluding hydrogens is 231 g/mol. The van der Waals surface area contributed by atoms with Crippen molar-refractivity contribution in [1.82, 2.24) is 4.90 Å². The van der Waals surface area contributed by atoms with Crippen molar-refractivity contribution in [2.45, 2.75) is 12.5 Å². The molecule has 2 N–H and O–H groups in total. The van der Waals surface area contributed by atoms with Gasteiger partial charge in [-0.3, -0.25) is 0 Å². The Hall–Kier alpha value is -0.280. The van der Waals surface area contributed by atoms with Crippen LogP contribution in [0.3, 0.4) is 0 Å². The Morgan fingerprint density at radius 2 is 2.00 bits per heavy atom. The van der Waals surface area contributed by atoms with Gasteiger partial charge in [0.25, 0.3) is 0 Å². The fraction of sp³-hybridized carbons (Fsp3) is 0.455. The minimum atomic E-state index is 0.0960. The largest absolute Gasteiger partial charge is 0.326 e. The standard InChI is InChI=1S/C11H16Cl2N2/c1-15(2)7-10(14)5-8-3-4-9(12)6-11(8)13/h3-4,6,10H,5,7,14H2,1-2H3/t10-/m0/s1. The van der Waals surface area contributed by atoms with Gasteiger partial charge in [-0.25, -0.2) is 0 Å². The van der Waals surface area contributed by atoms with Crippen LogP contribution in [-0.4, -0.2) is 31.6 Å². The van der Waals surface area contributed by atoms with Crippen molar-refractivity contribution < 1.29 is 0 Å². The second-order valence-electron chi connectivity index (χ2n) is 3.96. The van der Waals surface area contributed by atoms with Crippen molar-refractivity contribution in [3.05, 3.63) is 33.8 Å². The van der Waals surface area contributed by atoms with Crippen LogP contribution in [-0.2, 0) is 6.42 Å². The molecule has 1 atom stereocenters. The first-order valence-corrected chi connectivity index (χ1v) is 5.59. The summed E-state index contributed by atoms with van der Waals surface area (Å²) in [7, 11) is 4.01. The maximum atomic E-state index is 6.06. The van der Waals surface area contributed by atoms with E-state index in [4.69, 9.17) is 28.9 Å². The van der Waals surface area contributed by atoms with E-state index in [1.807, 2.05) is 26.2 Å². The van der Waals surface area contributed by atoms with Crippen LogP contribution < -0.4 is 5.73 Å². The summed E-state index contributed by atoms with van der Waals surface area (Å²) in [6.45, 7) is 0.846. The van der Waals surface area contributed by atoms with E-state index in [0.717, 1.165) is 18.5 Å². The first-order valence-electron chi connectivity index (χ1n) is 4.83. The molecule has 0 bridgehead atoms. The Bertz CT molecular complexity index is 326. The number of hydrogen-bond donors (Lipinski definition) is 1. The van der Waals surface area contributed by atoms with Gasteiger partial charge in [-0.05, 0) is 38.2 Å². The molecule has 0 unspecified atom stereocenters. The van der Waals surface area contributed by atoms with Crippen LogP contribution in [0, 0.1) is 0 Å². The lowest BCUT2D eigenvalue weighted by atomic mass is 10.1. The molecule has 0 amide bonds. The molecule has 15 heavy (non-hydrogen) atoms. The molecule has 1 aromatic rings. The molecule has 0 aliphatic rings. The van der Waals surface area contributed by atoms with Crippen molar-refractivity contribution >= 4 is 23.2 Å². The summed E-state index contributed by atoms with van der Waals surface area (Å²) in [5, 5.41) is 1.35. The monoisotopic (exact) mass is 246 g/mol. The quantitative estimate of drug-likeness (QED) is 0.885. The average Bonchev–Trinajstić information content (AvgIpc) is 2.08. The number of nitrogens with zero attached hydrogens (tertiary/aromatic N) is 1. The van der Waals surface area contributed by atoms with E-state index in [9.17, 15) is 0 Å². The highest BCUT2D eigenvalue weighted by Crippen LogP contribution is 2.21. The summed E-state index contributed by atoms with van der Waals surface area (Å²) in [6.07, 6.45) is 0.772. The van der Waals surface area contributed by atoms with Crippen molar-refractivity contribution in [3.63, 3.8) is 0 Å². The van der Waals surface area contributed by atoms with E-state index < -0.39 is 0 Å². The summed E-state index contributed by atoms with van der Waals surface area (Å²) in [6, 6.07) is 5.62. The van der Waals surface area contributed by atoms with Gasteiger partial charge in [0.15, 0.2) is 0 Å². The molecule has 0 spiro atoms. The normalized spacial score (nSPS) is 13.2. The second-order valence-corrected chi connectivity index (χ2v) is 4.81. The molecule has 0 radical (unpaired) electrons. The van der Waals surface area contributed by atoms with Crippen molar-refractivity contribution in [1.29, 1.82) is 0 Å². The predicted molar refractivity (Wildman–Crippen MR) is 66.7 cm³/mol. The van der Waals surface area contributed by atoms with Gasteiger partial charge in [0.2, 0.25) is 0 Å². The molecule has 0 heterocycles. The number of halogens is 2. The zero-order valence-corrected chi connectivity index (χ0v) is 10.5. The van der Waals surface area contributed by atoms with Crippen molar-refractivity contribution in [2.24, 2.45) is 5.73 Å². The molecule has 0 saturated carbocycles. The lowest BCUT2D eigenvalue weighted by Crippen LogP contribution is -2.34. The molecule has 0 aliphatic heterocycles. The summed E-state index contributed by atoms with van der Waals surface area (Å²) in [5.41, 5.74) is 7.03. The molecule has 1 aromatic carbocycles. The zero-order valence-electron chi connectivity index (χ0n) is 9.00. The SMILES string of the molecule is CN(C)C[C@@H](N)Cc1ccc(Cl)cc1Cl. The molecule has 0 aliphatic carbocycles. The molecule has 0 fully saturated rings. The zero-order chi connectivity index (χ0) is 11.4. The van der Waals surface area contributed by atoms with Gasteiger partial charge in [-0.2, -0.15) is 0 Å². The van der Waals surface area contributed by atoms with Crippen LogP contribution >= 0.6 is 23.2 Å². The fourth-order valence-electron chi connectivity index (χ4n) is 1.50. The number of likely N-dealkylation sites (N-methyl/N-ethyl adjacent to an activating group) is 1. The van der Waals surface area contributed by atoms with Gasteiger partial charge in [0.05, 0.1) is 0 Å². The van der Waals surface area contributed by atoms with E-state index in [-0.39, 0.29) is 6.04 Å². The van der Waals surface area contributed by atoms with E-state index in [1.165, 1.54) is 0 Å². The Morgan fingerprint density at radius 1 is 1.33 bits per heavy atom. The van der Waals surface area contributed by atoms with E-state index in [1.54, 1.807) is 6.07 Å². The van der Waals surface area contributed by atoms with Crippen molar-refractivity contribution in [2.75, 3.05) is 20.6 Å². The highest BCUT2D eigenvalue weighted by molar-refractivity contribution is 6.35. The first-order chi connectivity index (χ1) is 6.99. The second kappa shape index (κ2) is 5.71. The van der Waals surface area contributed by atoms with E-state index >= 15 is 0 Å². The molecule has 0 saturated heterocycles. The predicted octanol–water partition coefficient (Wildman–Crippen LogP) is 2.42. The molecule has 0 aromatic heterocycles. The topological polar surface area (TPSA) is 29.3 Å². The Morgan fingerprint density at radius 3 is 2.53 bits per heavy atom. The van der Waals surface area contributed by atoms with Gasteiger partial charge in [0.1, 0.15) is 0 Å². The number of benzene rings is 1. The van der Waals surface area contributed by atoms with Gasteiger partial charge < -0.3 is 10.6 Å². The lowest BCUT2D eigenvalue weighted by Gasteiger charge is -2.17. The van der Waals surface area contributed by atoms with Crippen LogP contribution in [0.1, 0.15) is 5.56 Å². The Balaban J connectivity index is 2.64. The van der Waals surface area contributed by atoms with E-state index in [0.29, 0.717) is 10.0 Å². The van der Waals surface area contributed by atoms with Crippen LogP contribution in [0.2, 0.25) is 10.0 Å². The average molecular weight is 247 g/mol. The van der Waals surface area contributed by atoms with Gasteiger partial charge in [-0.15, -0.1) is 0 Å². The first kappa shape index (κ1) is 12.8. The third-order valence-corrected chi connectivity index (χ3v) is 2.68. The van der Waals surface area contributed by atoms with Crippen LogP contribution in [0.4, 0.5) is 0 Å². The minimum Gasteiger partial charge on any atom is -0.326 e. The van der Waals surface area contributed by atoms with E-state index in [2.05, 4.69) is 4.90 Å². The van der Waals surface area contributed by atoms with Crippen LogP contribution in [0.5, 0.6) is 0 Å². The maximum absolute atomic E-state index is 6.06. The number of hydrogen-bond acceptors (Lipinski definition) is 2. The Labute approximate surface area is 101 Å². The molecule has 2 nitrogen and oxygen atoms in total. The fourth-order valence-corrected chi connectivity index (χ4v) is 1.99. The summed E-state index contributed by atoms with van der Waals surface area (Å²) in [5.74, 6) is 0. The maximum Gasteiger partial charge on any atom is 0.0453 e. The third-order valence-electron chi connectivity index (χ3n) is 2.10. The van der Waals surface area contributed by atoms with Crippen LogP contribution in [0.15, 0.2) is 18.2 Å². The van der Waals surface area contributed by atoms with Gasteiger partial charge in [0, 0.05) is 22.6 Å². The van der Waals surface area contributed by atoms with Gasteiger partial charge in [-0.1, -0.05) is 29.3 Å². The lowest BCUT2D eigenvalue weighted by molar-refractivity contribution is 0.371. The molecular formula is C11H16Cl2N2. The summed E-state index contributed by atoms with van der Waals surface area (Å²) < 4.78 is 0. The highest BCUT2D eigenvalue weighted by Gasteiger charge is 2.08. The molecule has 84 valence electrons. The third kappa shape index (κ3) is 4.39. The summed E-state index contributed by atoms with van der Waals surface area (Å²) >= 11 is 11.9.